The second-order valence-corrected chi connectivity index (χ2v) is 10.9. The van der Waals surface area contributed by atoms with Gasteiger partial charge in [-0.1, -0.05) is 49.4 Å². The lowest BCUT2D eigenvalue weighted by molar-refractivity contribution is 0.409. The molecule has 0 unspecified atom stereocenters. The molecule has 0 bridgehead atoms. The number of pyridine rings is 1. The van der Waals surface area contributed by atoms with Crippen LogP contribution in [0.4, 0.5) is 5.69 Å². The number of aromatic nitrogens is 3. The number of hydrogen-bond donors (Lipinski definition) is 1. The second kappa shape index (κ2) is 11.3. The Hall–Kier alpha value is -4.11. The lowest BCUT2D eigenvalue weighted by atomic mass is 9.86. The standard InChI is InChI=1S/C33H37N5O/c1-5-7-29-28(15-10-23-16-18-38(19-17-23)26-8-6-9-27(20-26)39-4)31-30(21-35-29)36-37-32(31)24-11-13-25(14-12-24)33(2,3)22-34/h6-9,11-15,20-21,23H,5,10,16-19H2,1-4H3,(H,36,37)/b28-15+,29-7+. The van der Waals surface area contributed by atoms with Crippen LogP contribution >= 0.6 is 0 Å². The van der Waals surface area contributed by atoms with Gasteiger partial charge in [-0.05, 0) is 63.1 Å². The van der Waals surface area contributed by atoms with Gasteiger partial charge in [-0.3, -0.25) is 10.1 Å². The Morgan fingerprint density at radius 1 is 1.13 bits per heavy atom. The molecule has 2 aromatic heterocycles. The van der Waals surface area contributed by atoms with Crippen LogP contribution in [0.5, 0.6) is 5.75 Å². The molecule has 0 saturated carbocycles. The van der Waals surface area contributed by atoms with Crippen molar-refractivity contribution in [1.29, 1.82) is 5.26 Å². The number of ether oxygens (including phenoxy) is 1. The molecule has 3 heterocycles. The van der Waals surface area contributed by atoms with Gasteiger partial charge in [-0.15, -0.1) is 0 Å². The summed E-state index contributed by atoms with van der Waals surface area (Å²) in [5, 5.41) is 20.7. The highest BCUT2D eigenvalue weighted by Gasteiger charge is 2.21. The number of nitrogens with one attached hydrogen (secondary N) is 1. The SMILES string of the molecule is CC/C=c1/ncc2[nH]nc(-c3ccc(C(C)(C)C#N)cc3)c2/c1=C/CC1CCN(c2cccc(OC)c2)CC1. The van der Waals surface area contributed by atoms with Gasteiger partial charge in [-0.25, -0.2) is 0 Å². The van der Waals surface area contributed by atoms with Gasteiger partial charge in [0.25, 0.3) is 0 Å². The summed E-state index contributed by atoms with van der Waals surface area (Å²) in [6.07, 6.45) is 10.7. The lowest BCUT2D eigenvalue weighted by Gasteiger charge is -2.33. The average molecular weight is 520 g/mol. The van der Waals surface area contributed by atoms with E-state index in [1.54, 1.807) is 7.11 Å². The van der Waals surface area contributed by atoms with E-state index < -0.39 is 5.41 Å². The van der Waals surface area contributed by atoms with E-state index in [0.717, 1.165) is 82.8 Å². The Kier molecular flexibility index (Phi) is 7.70. The molecule has 200 valence electrons. The zero-order chi connectivity index (χ0) is 27.4. The molecular formula is C33H37N5O. The smallest absolute Gasteiger partial charge is 0.120 e. The van der Waals surface area contributed by atoms with Gasteiger partial charge in [0.1, 0.15) is 11.4 Å². The summed E-state index contributed by atoms with van der Waals surface area (Å²) in [6, 6.07) is 19.0. The number of fused-ring (bicyclic) bond motifs is 1. The van der Waals surface area contributed by atoms with Crippen LogP contribution in [-0.4, -0.2) is 35.4 Å². The molecule has 5 rings (SSSR count). The second-order valence-electron chi connectivity index (χ2n) is 10.9. The van der Waals surface area contributed by atoms with E-state index in [-0.39, 0.29) is 0 Å². The fourth-order valence-corrected chi connectivity index (χ4v) is 5.45. The van der Waals surface area contributed by atoms with Gasteiger partial charge >= 0.3 is 0 Å². The Morgan fingerprint density at radius 3 is 2.59 bits per heavy atom. The fourth-order valence-electron chi connectivity index (χ4n) is 5.45. The van der Waals surface area contributed by atoms with Crippen LogP contribution in [0.3, 0.4) is 0 Å². The minimum Gasteiger partial charge on any atom is -0.497 e. The summed E-state index contributed by atoms with van der Waals surface area (Å²) in [5.41, 5.74) is 4.62. The van der Waals surface area contributed by atoms with Gasteiger partial charge in [0, 0.05) is 41.0 Å². The third-order valence-corrected chi connectivity index (χ3v) is 7.92. The van der Waals surface area contributed by atoms with Crippen LogP contribution < -0.4 is 20.2 Å². The molecule has 0 atom stereocenters. The molecule has 6 nitrogen and oxygen atoms in total. The third kappa shape index (κ3) is 5.54. The molecule has 0 spiro atoms. The van der Waals surface area contributed by atoms with Crippen molar-refractivity contribution in [3.63, 3.8) is 0 Å². The highest BCUT2D eigenvalue weighted by atomic mass is 16.5. The van der Waals surface area contributed by atoms with E-state index >= 15 is 0 Å². The molecule has 6 heteroatoms. The minimum atomic E-state index is -0.527. The first-order valence-corrected chi connectivity index (χ1v) is 13.9. The van der Waals surface area contributed by atoms with Crippen LogP contribution in [0, 0.1) is 17.2 Å². The number of piperidine rings is 1. The molecule has 4 aromatic rings. The highest BCUT2D eigenvalue weighted by Crippen LogP contribution is 2.29. The van der Waals surface area contributed by atoms with Crippen LogP contribution in [0.25, 0.3) is 34.3 Å². The third-order valence-electron chi connectivity index (χ3n) is 7.92. The molecule has 39 heavy (non-hydrogen) atoms. The number of rotatable bonds is 7. The summed E-state index contributed by atoms with van der Waals surface area (Å²) >= 11 is 0. The summed E-state index contributed by atoms with van der Waals surface area (Å²) in [6.45, 7) is 8.13. The van der Waals surface area contributed by atoms with Crippen molar-refractivity contribution in [1.82, 2.24) is 15.2 Å². The first-order chi connectivity index (χ1) is 18.9. The van der Waals surface area contributed by atoms with Gasteiger partial charge in [0.05, 0.1) is 35.7 Å². The van der Waals surface area contributed by atoms with Crippen molar-refractivity contribution >= 4 is 28.7 Å². The summed E-state index contributed by atoms with van der Waals surface area (Å²) < 4.78 is 5.42. The Labute approximate surface area is 230 Å². The van der Waals surface area contributed by atoms with Gasteiger partial charge in [-0.2, -0.15) is 10.4 Å². The van der Waals surface area contributed by atoms with Crippen molar-refractivity contribution in [2.75, 3.05) is 25.1 Å². The summed E-state index contributed by atoms with van der Waals surface area (Å²) in [7, 11) is 1.72. The van der Waals surface area contributed by atoms with Crippen molar-refractivity contribution in [3.05, 3.63) is 70.9 Å². The molecule has 1 aliphatic rings. The maximum absolute atomic E-state index is 9.53. The van der Waals surface area contributed by atoms with Crippen LogP contribution in [-0.2, 0) is 5.41 Å². The normalized spacial score (nSPS) is 15.6. The molecule has 0 radical (unpaired) electrons. The predicted octanol–water partition coefficient (Wildman–Crippen LogP) is 5.71. The van der Waals surface area contributed by atoms with Crippen LogP contribution in [0.2, 0.25) is 0 Å². The molecule has 1 saturated heterocycles. The number of hydrogen-bond acceptors (Lipinski definition) is 5. The maximum atomic E-state index is 9.53. The molecule has 2 aromatic carbocycles. The number of nitriles is 1. The first kappa shape index (κ1) is 26.5. The van der Waals surface area contributed by atoms with Crippen LogP contribution in [0.15, 0.2) is 54.7 Å². The van der Waals surface area contributed by atoms with Crippen molar-refractivity contribution in [2.45, 2.75) is 51.9 Å². The lowest BCUT2D eigenvalue weighted by Crippen LogP contribution is -2.34. The fraction of sp³-hybridized carbons (Fsp3) is 0.364. The van der Waals surface area contributed by atoms with E-state index in [1.165, 1.54) is 5.69 Å². The zero-order valence-electron chi connectivity index (χ0n) is 23.4. The maximum Gasteiger partial charge on any atom is 0.120 e. The van der Waals surface area contributed by atoms with E-state index in [4.69, 9.17) is 14.8 Å². The summed E-state index contributed by atoms with van der Waals surface area (Å²) in [5.74, 6) is 1.53. The largest absolute Gasteiger partial charge is 0.497 e. The number of H-pyrrole nitrogens is 1. The highest BCUT2D eigenvalue weighted by molar-refractivity contribution is 5.93. The van der Waals surface area contributed by atoms with E-state index in [1.807, 2.05) is 38.2 Å². The minimum absolute atomic E-state index is 0.527. The van der Waals surface area contributed by atoms with Gasteiger partial charge < -0.3 is 9.64 Å². The topological polar surface area (TPSA) is 77.8 Å². The van der Waals surface area contributed by atoms with E-state index in [0.29, 0.717) is 5.92 Å². The van der Waals surface area contributed by atoms with Crippen molar-refractivity contribution in [2.24, 2.45) is 5.92 Å². The zero-order valence-corrected chi connectivity index (χ0v) is 23.4. The quantitative estimate of drug-likeness (QED) is 0.338. The summed E-state index contributed by atoms with van der Waals surface area (Å²) in [4.78, 5) is 7.24. The Balaban J connectivity index is 1.44. The number of aromatic amines is 1. The van der Waals surface area contributed by atoms with E-state index in [2.05, 4.69) is 65.5 Å². The molecule has 1 aliphatic heterocycles. The number of methoxy groups -OCH3 is 1. The Bertz CT molecular complexity index is 1600. The number of nitrogens with zero attached hydrogens (tertiary/aromatic N) is 4. The molecule has 0 aliphatic carbocycles. The monoisotopic (exact) mass is 519 g/mol. The van der Waals surface area contributed by atoms with Gasteiger partial charge in [0.15, 0.2) is 0 Å². The van der Waals surface area contributed by atoms with E-state index in [9.17, 15) is 5.26 Å². The van der Waals surface area contributed by atoms with Gasteiger partial charge in [0.2, 0.25) is 0 Å². The molecular weight excluding hydrogens is 482 g/mol. The molecule has 1 fully saturated rings. The number of benzene rings is 2. The number of anilines is 1. The van der Waals surface area contributed by atoms with Crippen LogP contribution in [0.1, 0.15) is 52.0 Å². The van der Waals surface area contributed by atoms with Crippen molar-refractivity contribution in [3.8, 4) is 23.1 Å². The predicted molar refractivity (Wildman–Crippen MR) is 159 cm³/mol. The Morgan fingerprint density at radius 2 is 1.90 bits per heavy atom. The molecule has 0 amide bonds. The first-order valence-electron chi connectivity index (χ1n) is 13.9. The van der Waals surface area contributed by atoms with Crippen molar-refractivity contribution < 1.29 is 4.74 Å². The average Bonchev–Trinajstić information content (AvgIpc) is 3.41. The molecule has 1 N–H and O–H groups in total.